The molecule has 0 aliphatic heterocycles. The molecule has 1 aromatic rings. The highest BCUT2D eigenvalue weighted by Crippen LogP contribution is 2.23. The van der Waals surface area contributed by atoms with Crippen LogP contribution in [0.3, 0.4) is 0 Å². The zero-order chi connectivity index (χ0) is 15.2. The second kappa shape index (κ2) is 7.53. The Morgan fingerprint density at radius 2 is 2.25 bits per heavy atom. The van der Waals surface area contributed by atoms with Crippen LogP contribution < -0.4 is 11.3 Å². The van der Waals surface area contributed by atoms with Gasteiger partial charge in [0.25, 0.3) is 10.0 Å². The molecule has 7 nitrogen and oxygen atoms in total. The molecule has 1 heterocycles. The van der Waals surface area contributed by atoms with Crippen LogP contribution in [-0.2, 0) is 14.8 Å². The van der Waals surface area contributed by atoms with Crippen LogP contribution in [0.15, 0.2) is 23.4 Å². The minimum atomic E-state index is -3.73. The molecule has 1 unspecified atom stereocenters. The first kappa shape index (κ1) is 16.8. The molecular formula is C12H22N4O3S. The molecule has 0 spiro atoms. The zero-order valence-electron chi connectivity index (χ0n) is 12.0. The van der Waals surface area contributed by atoms with Gasteiger partial charge in [0, 0.05) is 25.9 Å². The molecule has 0 aromatic carbocycles. The highest BCUT2D eigenvalue weighted by molar-refractivity contribution is 7.89. The summed E-state index contributed by atoms with van der Waals surface area (Å²) in [6, 6.07) is 3.05. The SMILES string of the molecule is CCC(C)N(CCOC)S(=O)(=O)c1ncccc1NN. The van der Waals surface area contributed by atoms with E-state index in [0.717, 1.165) is 0 Å². The number of ether oxygens (including phenoxy) is 1. The van der Waals surface area contributed by atoms with Crippen LogP contribution in [0.1, 0.15) is 20.3 Å². The number of aromatic nitrogens is 1. The number of nitrogens with one attached hydrogen (secondary N) is 1. The third-order valence-corrected chi connectivity index (χ3v) is 5.05. The van der Waals surface area contributed by atoms with E-state index in [1.807, 2.05) is 13.8 Å². The van der Waals surface area contributed by atoms with Crippen LogP contribution in [0.5, 0.6) is 0 Å². The Morgan fingerprint density at radius 1 is 1.55 bits per heavy atom. The summed E-state index contributed by atoms with van der Waals surface area (Å²) in [5.74, 6) is 5.36. The summed E-state index contributed by atoms with van der Waals surface area (Å²) in [5, 5.41) is -0.0705. The summed E-state index contributed by atoms with van der Waals surface area (Å²) in [7, 11) is -2.19. The molecule has 0 fully saturated rings. The first-order chi connectivity index (χ1) is 9.48. The number of nitrogens with two attached hydrogens (primary N) is 1. The van der Waals surface area contributed by atoms with Crippen LogP contribution in [0.25, 0.3) is 0 Å². The highest BCUT2D eigenvalue weighted by atomic mass is 32.2. The number of anilines is 1. The van der Waals surface area contributed by atoms with Gasteiger partial charge in [0.05, 0.1) is 12.3 Å². The minimum absolute atomic E-state index is 0.0705. The second-order valence-electron chi connectivity index (χ2n) is 4.37. The van der Waals surface area contributed by atoms with Crippen molar-refractivity contribution >= 4 is 15.7 Å². The van der Waals surface area contributed by atoms with Gasteiger partial charge in [0.2, 0.25) is 0 Å². The highest BCUT2D eigenvalue weighted by Gasteiger charge is 2.31. The van der Waals surface area contributed by atoms with Crippen LogP contribution in [0.2, 0.25) is 0 Å². The Bertz CT molecular complexity index is 521. The van der Waals surface area contributed by atoms with Crippen molar-refractivity contribution in [3.63, 3.8) is 0 Å². The quantitative estimate of drug-likeness (QED) is 0.544. The molecule has 0 aliphatic carbocycles. The molecule has 20 heavy (non-hydrogen) atoms. The van der Waals surface area contributed by atoms with E-state index in [4.69, 9.17) is 10.6 Å². The Labute approximate surface area is 120 Å². The normalized spacial score (nSPS) is 13.4. The monoisotopic (exact) mass is 302 g/mol. The van der Waals surface area contributed by atoms with Crippen molar-refractivity contribution in [3.05, 3.63) is 18.3 Å². The number of hydrogen-bond acceptors (Lipinski definition) is 6. The lowest BCUT2D eigenvalue weighted by molar-refractivity contribution is 0.167. The summed E-state index contributed by atoms with van der Waals surface area (Å²) < 4.78 is 31.8. The van der Waals surface area contributed by atoms with E-state index < -0.39 is 10.0 Å². The van der Waals surface area contributed by atoms with Gasteiger partial charge in [-0.1, -0.05) is 6.92 Å². The zero-order valence-corrected chi connectivity index (χ0v) is 12.9. The third-order valence-electron chi connectivity index (χ3n) is 3.08. The fraction of sp³-hybridized carbons (Fsp3) is 0.583. The number of rotatable bonds is 8. The van der Waals surface area contributed by atoms with Gasteiger partial charge >= 0.3 is 0 Å². The average Bonchev–Trinajstić information content (AvgIpc) is 2.46. The van der Waals surface area contributed by atoms with E-state index in [1.54, 1.807) is 12.1 Å². The van der Waals surface area contributed by atoms with Gasteiger partial charge in [-0.25, -0.2) is 13.4 Å². The third kappa shape index (κ3) is 3.66. The van der Waals surface area contributed by atoms with E-state index in [9.17, 15) is 8.42 Å². The summed E-state index contributed by atoms with van der Waals surface area (Å²) in [6.07, 6.45) is 2.13. The van der Waals surface area contributed by atoms with Crippen LogP contribution in [-0.4, -0.2) is 44.0 Å². The Kier molecular flexibility index (Phi) is 6.34. The first-order valence-corrected chi connectivity index (χ1v) is 7.85. The van der Waals surface area contributed by atoms with Crippen molar-refractivity contribution in [2.75, 3.05) is 25.7 Å². The molecule has 1 aromatic heterocycles. The molecule has 0 bridgehead atoms. The Hall–Kier alpha value is -1.22. The molecule has 0 radical (unpaired) electrons. The van der Waals surface area contributed by atoms with Crippen molar-refractivity contribution in [1.29, 1.82) is 0 Å². The molecular weight excluding hydrogens is 280 g/mol. The van der Waals surface area contributed by atoms with E-state index in [2.05, 4.69) is 10.4 Å². The standard InChI is InChI=1S/C12H22N4O3S/c1-4-10(2)16(8-9-19-3)20(17,18)12-11(15-13)6-5-7-14-12/h5-7,10,15H,4,8-9,13H2,1-3H3. The van der Waals surface area contributed by atoms with Crippen molar-refractivity contribution < 1.29 is 13.2 Å². The first-order valence-electron chi connectivity index (χ1n) is 6.41. The molecule has 114 valence electrons. The predicted molar refractivity (Wildman–Crippen MR) is 77.6 cm³/mol. The van der Waals surface area contributed by atoms with Gasteiger partial charge < -0.3 is 10.2 Å². The molecule has 0 saturated heterocycles. The van der Waals surface area contributed by atoms with Crippen LogP contribution in [0, 0.1) is 0 Å². The van der Waals surface area contributed by atoms with Gasteiger partial charge in [-0.05, 0) is 25.5 Å². The molecule has 0 aliphatic rings. The predicted octanol–water partition coefficient (Wildman–Crippen LogP) is 0.803. The smallest absolute Gasteiger partial charge is 0.263 e. The molecule has 1 rings (SSSR count). The van der Waals surface area contributed by atoms with E-state index in [-0.39, 0.29) is 23.3 Å². The maximum Gasteiger partial charge on any atom is 0.263 e. The number of sulfonamides is 1. The van der Waals surface area contributed by atoms with Crippen molar-refractivity contribution in [2.45, 2.75) is 31.3 Å². The number of nitrogens with zero attached hydrogens (tertiary/aromatic N) is 2. The van der Waals surface area contributed by atoms with Crippen LogP contribution in [0.4, 0.5) is 5.69 Å². The van der Waals surface area contributed by atoms with E-state index in [0.29, 0.717) is 13.0 Å². The number of hydrazine groups is 1. The Balaban J connectivity index is 3.21. The van der Waals surface area contributed by atoms with Gasteiger partial charge in [0.15, 0.2) is 5.03 Å². The lowest BCUT2D eigenvalue weighted by Gasteiger charge is -2.27. The number of hydrogen-bond donors (Lipinski definition) is 2. The maximum absolute atomic E-state index is 12.7. The number of nitrogen functional groups attached to an aromatic ring is 1. The van der Waals surface area contributed by atoms with E-state index >= 15 is 0 Å². The average molecular weight is 302 g/mol. The van der Waals surface area contributed by atoms with Crippen molar-refractivity contribution in [2.24, 2.45) is 5.84 Å². The summed E-state index contributed by atoms with van der Waals surface area (Å²) >= 11 is 0. The minimum Gasteiger partial charge on any atom is -0.383 e. The lowest BCUT2D eigenvalue weighted by Crippen LogP contribution is -2.41. The fourth-order valence-corrected chi connectivity index (χ4v) is 3.54. The molecule has 1 atom stereocenters. The van der Waals surface area contributed by atoms with Gasteiger partial charge in [0.1, 0.15) is 0 Å². The van der Waals surface area contributed by atoms with Crippen LogP contribution >= 0.6 is 0 Å². The largest absolute Gasteiger partial charge is 0.383 e. The van der Waals surface area contributed by atoms with Gasteiger partial charge in [-0.3, -0.25) is 5.84 Å². The van der Waals surface area contributed by atoms with Gasteiger partial charge in [-0.15, -0.1) is 0 Å². The molecule has 8 heteroatoms. The number of pyridine rings is 1. The maximum atomic E-state index is 12.7. The van der Waals surface area contributed by atoms with E-state index in [1.165, 1.54) is 17.6 Å². The topological polar surface area (TPSA) is 97.5 Å². The Morgan fingerprint density at radius 3 is 2.80 bits per heavy atom. The summed E-state index contributed by atoms with van der Waals surface area (Å²) in [4.78, 5) is 3.95. The summed E-state index contributed by atoms with van der Waals surface area (Å²) in [5.41, 5.74) is 2.65. The number of methoxy groups -OCH3 is 1. The molecule has 3 N–H and O–H groups in total. The molecule has 0 amide bonds. The fourth-order valence-electron chi connectivity index (χ4n) is 1.78. The second-order valence-corrected chi connectivity index (χ2v) is 6.17. The lowest BCUT2D eigenvalue weighted by atomic mass is 10.3. The van der Waals surface area contributed by atoms with Crippen molar-refractivity contribution in [3.8, 4) is 0 Å². The summed E-state index contributed by atoms with van der Waals surface area (Å²) in [6.45, 7) is 4.38. The van der Waals surface area contributed by atoms with Gasteiger partial charge in [-0.2, -0.15) is 4.31 Å². The molecule has 0 saturated carbocycles. The van der Waals surface area contributed by atoms with Crippen molar-refractivity contribution in [1.82, 2.24) is 9.29 Å².